The number of thiophene rings is 1. The molecule has 1 saturated heterocycles. The Kier molecular flexibility index (Phi) is 17.4. The lowest BCUT2D eigenvalue weighted by Crippen LogP contribution is -2.39. The number of ether oxygens (including phenoxy) is 2. The van der Waals surface area contributed by atoms with Crippen LogP contribution in [0.4, 0.5) is 20.6 Å². The van der Waals surface area contributed by atoms with Crippen LogP contribution in [-0.4, -0.2) is 56.0 Å². The van der Waals surface area contributed by atoms with Gasteiger partial charge in [0.15, 0.2) is 6.29 Å². The molecular weight excluding hydrogens is 629 g/mol. The Morgan fingerprint density at radius 1 is 1.02 bits per heavy atom. The number of hydrogen-bond donors (Lipinski definition) is 2. The third-order valence-corrected chi connectivity index (χ3v) is 7.96. The molecule has 8 nitrogen and oxygen atoms in total. The normalized spacial score (nSPS) is 13.3. The van der Waals surface area contributed by atoms with Gasteiger partial charge in [0, 0.05) is 32.1 Å². The molecule has 2 amide bonds. The van der Waals surface area contributed by atoms with Gasteiger partial charge in [-0.25, -0.2) is 9.18 Å². The first kappa shape index (κ1) is 38.2. The summed E-state index contributed by atoms with van der Waals surface area (Å²) in [4.78, 5) is 39.0. The lowest BCUT2D eigenvalue weighted by Gasteiger charge is -2.31. The number of piperidine rings is 1. The number of carbonyl (C=O) groups is 3. The molecule has 11 heteroatoms. The van der Waals surface area contributed by atoms with E-state index in [0.29, 0.717) is 61.4 Å². The summed E-state index contributed by atoms with van der Waals surface area (Å²) >= 11 is 7.63. The minimum atomic E-state index is -0.530. The highest BCUT2D eigenvalue weighted by Gasteiger charge is 2.23. The van der Waals surface area contributed by atoms with Crippen molar-refractivity contribution in [3.63, 3.8) is 0 Å². The van der Waals surface area contributed by atoms with E-state index in [1.807, 2.05) is 57.4 Å². The van der Waals surface area contributed by atoms with Crippen LogP contribution in [0.1, 0.15) is 57.3 Å². The molecule has 0 atom stereocenters. The zero-order chi connectivity index (χ0) is 33.9. The van der Waals surface area contributed by atoms with E-state index in [4.69, 9.17) is 21.1 Å². The Balaban J connectivity index is 0.000000826. The number of nitrogens with one attached hydrogen (secondary N) is 2. The quantitative estimate of drug-likeness (QED) is 0.165. The second-order valence-corrected chi connectivity index (χ2v) is 11.1. The van der Waals surface area contributed by atoms with Crippen molar-refractivity contribution < 1.29 is 28.2 Å². The molecule has 46 heavy (non-hydrogen) atoms. The topological polar surface area (TPSA) is 97.0 Å². The zero-order valence-corrected chi connectivity index (χ0v) is 28.6. The van der Waals surface area contributed by atoms with Crippen LogP contribution >= 0.6 is 22.9 Å². The number of rotatable bonds is 10. The summed E-state index contributed by atoms with van der Waals surface area (Å²) in [6.45, 7) is 9.92. The van der Waals surface area contributed by atoms with Crippen LogP contribution in [0.5, 0.6) is 5.75 Å². The SMILES string of the molecule is C/C=C\C=C/C.CC.COc1cc(NC(=O)CCN2CCC(OC(=O)Nc3ccsc3-c3ccc(F)cc3)CC2)c(Cl)cc1C=O. The number of allylic oxidation sites excluding steroid dienone is 4. The smallest absolute Gasteiger partial charge is 0.411 e. The molecule has 1 aliphatic rings. The van der Waals surface area contributed by atoms with Gasteiger partial charge in [-0.15, -0.1) is 11.3 Å². The molecule has 0 unspecified atom stereocenters. The van der Waals surface area contributed by atoms with E-state index in [1.165, 1.54) is 42.7 Å². The van der Waals surface area contributed by atoms with E-state index in [1.54, 1.807) is 18.2 Å². The van der Waals surface area contributed by atoms with Gasteiger partial charge in [-0.05, 0) is 61.9 Å². The summed E-state index contributed by atoms with van der Waals surface area (Å²) in [6.07, 6.45) is 9.44. The Morgan fingerprint density at radius 2 is 1.67 bits per heavy atom. The fourth-order valence-electron chi connectivity index (χ4n) is 4.40. The number of likely N-dealkylation sites (tertiary alicyclic amines) is 1. The molecule has 0 bridgehead atoms. The predicted octanol–water partition coefficient (Wildman–Crippen LogP) is 9.24. The number of carbonyl (C=O) groups excluding carboxylic acids is 3. The third kappa shape index (κ3) is 12.4. The maximum Gasteiger partial charge on any atom is 0.411 e. The number of halogens is 2. The highest BCUT2D eigenvalue weighted by Crippen LogP contribution is 2.34. The average Bonchev–Trinajstić information content (AvgIpc) is 3.53. The van der Waals surface area contributed by atoms with Gasteiger partial charge in [0.05, 0.1) is 33.9 Å². The average molecular weight is 672 g/mol. The Morgan fingerprint density at radius 3 is 2.26 bits per heavy atom. The van der Waals surface area contributed by atoms with E-state index in [9.17, 15) is 18.8 Å². The minimum Gasteiger partial charge on any atom is -0.496 e. The van der Waals surface area contributed by atoms with Gasteiger partial charge in [-0.2, -0.15) is 0 Å². The Labute approximate surface area is 280 Å². The third-order valence-electron chi connectivity index (χ3n) is 6.69. The predicted molar refractivity (Wildman–Crippen MR) is 187 cm³/mol. The van der Waals surface area contributed by atoms with Crippen LogP contribution in [0.15, 0.2) is 72.1 Å². The van der Waals surface area contributed by atoms with Crippen molar-refractivity contribution in [2.75, 3.05) is 37.4 Å². The molecule has 0 saturated carbocycles. The molecule has 1 fully saturated rings. The Hall–Kier alpha value is -3.99. The first-order valence-corrected chi connectivity index (χ1v) is 16.4. The second-order valence-electron chi connectivity index (χ2n) is 9.78. The molecule has 1 aliphatic heterocycles. The van der Waals surface area contributed by atoms with Gasteiger partial charge in [0.25, 0.3) is 0 Å². The lowest BCUT2D eigenvalue weighted by atomic mass is 10.1. The summed E-state index contributed by atoms with van der Waals surface area (Å²) in [7, 11) is 1.44. The molecule has 2 N–H and O–H groups in total. The van der Waals surface area contributed by atoms with Crippen molar-refractivity contribution in [2.45, 2.75) is 53.1 Å². The maximum atomic E-state index is 13.2. The van der Waals surface area contributed by atoms with E-state index < -0.39 is 6.09 Å². The molecule has 2 heterocycles. The maximum absolute atomic E-state index is 13.2. The van der Waals surface area contributed by atoms with Crippen LogP contribution in [-0.2, 0) is 9.53 Å². The first-order valence-electron chi connectivity index (χ1n) is 15.2. The highest BCUT2D eigenvalue weighted by molar-refractivity contribution is 7.14. The molecule has 2 aromatic carbocycles. The van der Waals surface area contributed by atoms with Crippen molar-refractivity contribution in [1.29, 1.82) is 0 Å². The molecule has 4 rings (SSSR count). The molecule has 0 spiro atoms. The molecule has 3 aromatic rings. The molecule has 1 aromatic heterocycles. The number of benzene rings is 2. The van der Waals surface area contributed by atoms with Gasteiger partial charge >= 0.3 is 6.09 Å². The number of hydrogen-bond acceptors (Lipinski definition) is 7. The van der Waals surface area contributed by atoms with E-state index in [-0.39, 0.29) is 29.3 Å². The molecular formula is C35H43ClFN3O5S. The van der Waals surface area contributed by atoms with Crippen LogP contribution in [0.25, 0.3) is 10.4 Å². The lowest BCUT2D eigenvalue weighted by molar-refractivity contribution is -0.116. The van der Waals surface area contributed by atoms with Crippen LogP contribution in [0, 0.1) is 5.82 Å². The van der Waals surface area contributed by atoms with Gasteiger partial charge in [0.1, 0.15) is 17.7 Å². The van der Waals surface area contributed by atoms with Gasteiger partial charge in [0.2, 0.25) is 5.91 Å². The monoisotopic (exact) mass is 671 g/mol. The molecule has 0 radical (unpaired) electrons. The van der Waals surface area contributed by atoms with Crippen molar-refractivity contribution >= 4 is 52.6 Å². The van der Waals surface area contributed by atoms with Gasteiger partial charge in [-0.3, -0.25) is 14.9 Å². The number of anilines is 2. The van der Waals surface area contributed by atoms with Crippen LogP contribution < -0.4 is 15.4 Å². The van der Waals surface area contributed by atoms with Gasteiger partial charge < -0.3 is 19.7 Å². The second kappa shape index (κ2) is 20.9. The fraction of sp³-hybridized carbons (Fsp3) is 0.343. The van der Waals surface area contributed by atoms with Gasteiger partial charge in [-0.1, -0.05) is 61.9 Å². The van der Waals surface area contributed by atoms with E-state index in [0.717, 1.165) is 10.4 Å². The van der Waals surface area contributed by atoms with Crippen molar-refractivity contribution in [1.82, 2.24) is 4.90 Å². The van der Waals surface area contributed by atoms with E-state index in [2.05, 4.69) is 15.5 Å². The van der Waals surface area contributed by atoms with Crippen LogP contribution in [0.2, 0.25) is 5.02 Å². The zero-order valence-electron chi connectivity index (χ0n) is 27.0. The number of amides is 2. The largest absolute Gasteiger partial charge is 0.496 e. The first-order chi connectivity index (χ1) is 22.3. The summed E-state index contributed by atoms with van der Waals surface area (Å²) < 4.78 is 24.0. The van der Waals surface area contributed by atoms with Crippen molar-refractivity contribution in [2.24, 2.45) is 0 Å². The van der Waals surface area contributed by atoms with Crippen molar-refractivity contribution in [3.8, 4) is 16.2 Å². The standard InChI is InChI=1S/C27H27ClFN3O5S.C6H10.C2H6/c1-36-24-15-23(21(28)14-18(24)16-33)30-25(34)8-12-32-10-6-20(7-11-32)37-27(35)31-22-9-13-38-26(22)17-2-4-19(29)5-3-17;1-3-5-6-4-2;1-2/h2-5,9,13-16,20H,6-8,10-12H2,1H3,(H,30,34)(H,31,35);3-6H,1-2H3;1-2H3/b;5-3-,6-4-;. The molecule has 248 valence electrons. The van der Waals surface area contributed by atoms with E-state index >= 15 is 0 Å². The highest BCUT2D eigenvalue weighted by atomic mass is 35.5. The van der Waals surface area contributed by atoms with Crippen LogP contribution in [0.3, 0.4) is 0 Å². The molecule has 0 aliphatic carbocycles. The minimum absolute atomic E-state index is 0.210. The summed E-state index contributed by atoms with van der Waals surface area (Å²) in [6, 6.07) is 10.9. The Bertz CT molecular complexity index is 1440. The summed E-state index contributed by atoms with van der Waals surface area (Å²) in [5.41, 5.74) is 2.12. The number of methoxy groups -OCH3 is 1. The van der Waals surface area contributed by atoms with Crippen molar-refractivity contribution in [3.05, 3.63) is 88.6 Å². The number of aldehydes is 1. The summed E-state index contributed by atoms with van der Waals surface area (Å²) in [5.74, 6) is -0.198. The summed E-state index contributed by atoms with van der Waals surface area (Å²) in [5, 5.41) is 7.67. The fourth-order valence-corrected chi connectivity index (χ4v) is 5.48. The number of nitrogens with zero attached hydrogens (tertiary/aromatic N) is 1.